The second-order valence-corrected chi connectivity index (χ2v) is 7.91. The molecule has 174 valence electrons. The largest absolute Gasteiger partial charge is 0.360 e. The van der Waals surface area contributed by atoms with Crippen LogP contribution in [0.25, 0.3) is 0 Å². The highest BCUT2D eigenvalue weighted by Crippen LogP contribution is 2.27. The summed E-state index contributed by atoms with van der Waals surface area (Å²) < 4.78 is 5.03. The fourth-order valence-corrected chi connectivity index (χ4v) is 3.80. The van der Waals surface area contributed by atoms with E-state index in [1.807, 2.05) is 60.7 Å². The molecule has 2 amide bonds. The molecule has 0 radical (unpaired) electrons. The number of anilines is 1. The molecule has 1 aromatic heterocycles. The lowest BCUT2D eigenvalue weighted by Crippen LogP contribution is -2.45. The summed E-state index contributed by atoms with van der Waals surface area (Å²) in [4.78, 5) is 30.6. The second kappa shape index (κ2) is 12.0. The normalized spacial score (nSPS) is 11.1. The van der Waals surface area contributed by atoms with Crippen LogP contribution in [0.2, 0.25) is 0 Å². The maximum atomic E-state index is 13.9. The van der Waals surface area contributed by atoms with E-state index < -0.39 is 5.92 Å². The summed E-state index contributed by atoms with van der Waals surface area (Å²) in [6, 6.07) is 21.0. The number of hydrogen-bond acceptors (Lipinski definition) is 5. The van der Waals surface area contributed by atoms with E-state index in [4.69, 9.17) is 4.52 Å². The van der Waals surface area contributed by atoms with Crippen LogP contribution in [-0.2, 0) is 9.59 Å². The van der Waals surface area contributed by atoms with Crippen molar-refractivity contribution in [3.63, 3.8) is 0 Å². The summed E-state index contributed by atoms with van der Waals surface area (Å²) in [5.74, 6) is 0.0394. The Morgan fingerprint density at radius 3 is 2.00 bits per heavy atom. The Morgan fingerprint density at radius 2 is 1.52 bits per heavy atom. The minimum absolute atomic E-state index is 0.0673. The molecule has 0 saturated heterocycles. The molecule has 1 N–H and O–H groups in total. The molecule has 2 aromatic carbocycles. The van der Waals surface area contributed by atoms with Crippen LogP contribution >= 0.6 is 0 Å². The molecule has 0 bridgehead atoms. The number of carbonyl (C=O) groups is 2. The Morgan fingerprint density at radius 1 is 0.939 bits per heavy atom. The molecule has 33 heavy (non-hydrogen) atoms. The Labute approximate surface area is 195 Å². The van der Waals surface area contributed by atoms with E-state index in [1.165, 1.54) is 0 Å². The van der Waals surface area contributed by atoms with E-state index in [-0.39, 0.29) is 18.4 Å². The van der Waals surface area contributed by atoms with Crippen molar-refractivity contribution in [1.82, 2.24) is 15.0 Å². The molecule has 0 aliphatic rings. The highest BCUT2D eigenvalue weighted by Gasteiger charge is 2.29. The lowest BCUT2D eigenvalue weighted by atomic mass is 9.90. The van der Waals surface area contributed by atoms with Gasteiger partial charge in [-0.05, 0) is 31.1 Å². The molecule has 0 unspecified atom stereocenters. The van der Waals surface area contributed by atoms with Crippen LogP contribution in [0.1, 0.15) is 36.7 Å². The highest BCUT2D eigenvalue weighted by molar-refractivity contribution is 5.95. The van der Waals surface area contributed by atoms with Gasteiger partial charge in [-0.25, -0.2) is 0 Å². The average Bonchev–Trinajstić information content (AvgIpc) is 3.24. The molecule has 0 atom stereocenters. The van der Waals surface area contributed by atoms with Crippen LogP contribution < -0.4 is 5.32 Å². The topological polar surface area (TPSA) is 78.7 Å². The molecular weight excluding hydrogens is 416 g/mol. The first kappa shape index (κ1) is 24.2. The quantitative estimate of drug-likeness (QED) is 0.481. The summed E-state index contributed by atoms with van der Waals surface area (Å²) in [7, 11) is 0. The zero-order valence-electron chi connectivity index (χ0n) is 19.5. The molecule has 7 nitrogen and oxygen atoms in total. The number of nitrogens with zero attached hydrogens (tertiary/aromatic N) is 3. The van der Waals surface area contributed by atoms with Crippen LogP contribution in [0.4, 0.5) is 5.82 Å². The zero-order valence-corrected chi connectivity index (χ0v) is 19.5. The Hall–Kier alpha value is -3.45. The third-order valence-electron chi connectivity index (χ3n) is 5.63. The van der Waals surface area contributed by atoms with Crippen LogP contribution in [0.3, 0.4) is 0 Å². The first-order chi connectivity index (χ1) is 16.0. The van der Waals surface area contributed by atoms with E-state index in [0.717, 1.165) is 24.2 Å². The fourth-order valence-electron chi connectivity index (χ4n) is 3.80. The monoisotopic (exact) mass is 448 g/mol. The molecule has 0 saturated carbocycles. The number of likely N-dealkylation sites (N-methyl/N-ethyl adjacent to an activating group) is 1. The van der Waals surface area contributed by atoms with Gasteiger partial charge in [0.1, 0.15) is 5.76 Å². The Balaban J connectivity index is 1.86. The predicted octanol–water partition coefficient (Wildman–Crippen LogP) is 3.92. The van der Waals surface area contributed by atoms with E-state index in [1.54, 1.807) is 17.9 Å². The number of carbonyl (C=O) groups excluding carboxylic acids is 2. The maximum absolute atomic E-state index is 13.9. The number of amides is 2. The van der Waals surface area contributed by atoms with E-state index in [2.05, 4.69) is 29.2 Å². The minimum Gasteiger partial charge on any atom is -0.360 e. The van der Waals surface area contributed by atoms with Gasteiger partial charge in [-0.2, -0.15) is 0 Å². The van der Waals surface area contributed by atoms with Crippen molar-refractivity contribution in [1.29, 1.82) is 0 Å². The third-order valence-corrected chi connectivity index (χ3v) is 5.63. The molecule has 0 spiro atoms. The standard InChI is InChI=1S/C26H32N4O3/c1-4-29(5-2)16-17-30(19-24(31)27-23-18-20(3)33-28-23)26(32)25(21-12-8-6-9-13-21)22-14-10-7-11-15-22/h6-15,18,25H,4-5,16-17,19H2,1-3H3,(H,27,28,31). The average molecular weight is 449 g/mol. The molecular formula is C26H32N4O3. The maximum Gasteiger partial charge on any atom is 0.245 e. The summed E-state index contributed by atoms with van der Waals surface area (Å²) in [6.45, 7) is 8.76. The first-order valence-corrected chi connectivity index (χ1v) is 11.4. The van der Waals surface area contributed by atoms with Gasteiger partial charge in [-0.1, -0.05) is 79.7 Å². The number of hydrogen-bond donors (Lipinski definition) is 1. The molecule has 1 heterocycles. The van der Waals surface area contributed by atoms with Crippen molar-refractivity contribution in [2.45, 2.75) is 26.7 Å². The van der Waals surface area contributed by atoms with Gasteiger partial charge in [0, 0.05) is 19.2 Å². The smallest absolute Gasteiger partial charge is 0.245 e. The van der Waals surface area contributed by atoms with Gasteiger partial charge < -0.3 is 19.6 Å². The Bertz CT molecular complexity index is 977. The van der Waals surface area contributed by atoms with Crippen molar-refractivity contribution in [3.8, 4) is 0 Å². The number of nitrogens with one attached hydrogen (secondary N) is 1. The van der Waals surface area contributed by atoms with Gasteiger partial charge in [0.25, 0.3) is 0 Å². The van der Waals surface area contributed by atoms with Gasteiger partial charge in [0.15, 0.2) is 5.82 Å². The Kier molecular flexibility index (Phi) is 8.78. The number of aromatic nitrogens is 1. The molecule has 0 aliphatic heterocycles. The van der Waals surface area contributed by atoms with Gasteiger partial charge in [-0.3, -0.25) is 9.59 Å². The number of aryl methyl sites for hydroxylation is 1. The highest BCUT2D eigenvalue weighted by atomic mass is 16.5. The summed E-state index contributed by atoms with van der Waals surface area (Å²) >= 11 is 0. The summed E-state index contributed by atoms with van der Waals surface area (Å²) in [6.07, 6.45) is 0. The summed E-state index contributed by atoms with van der Waals surface area (Å²) in [5.41, 5.74) is 1.79. The van der Waals surface area contributed by atoms with Crippen LogP contribution in [0, 0.1) is 6.92 Å². The SMILES string of the molecule is CCN(CC)CCN(CC(=O)Nc1cc(C)on1)C(=O)C(c1ccccc1)c1ccccc1. The fraction of sp³-hybridized carbons (Fsp3) is 0.346. The van der Waals surface area contributed by atoms with Gasteiger partial charge in [0.05, 0.1) is 12.5 Å². The molecule has 7 heteroatoms. The summed E-state index contributed by atoms with van der Waals surface area (Å²) in [5, 5.41) is 6.55. The van der Waals surface area contributed by atoms with Gasteiger partial charge in [-0.15, -0.1) is 0 Å². The van der Waals surface area contributed by atoms with Crippen molar-refractivity contribution < 1.29 is 14.1 Å². The second-order valence-electron chi connectivity index (χ2n) is 7.91. The number of rotatable bonds is 11. The lowest BCUT2D eigenvalue weighted by molar-refractivity contribution is -0.135. The van der Waals surface area contributed by atoms with E-state index in [9.17, 15) is 9.59 Å². The van der Waals surface area contributed by atoms with Crippen molar-refractivity contribution >= 4 is 17.6 Å². The first-order valence-electron chi connectivity index (χ1n) is 11.4. The zero-order chi connectivity index (χ0) is 23.6. The van der Waals surface area contributed by atoms with Crippen molar-refractivity contribution in [2.75, 3.05) is 38.0 Å². The van der Waals surface area contributed by atoms with Crippen molar-refractivity contribution in [2.24, 2.45) is 0 Å². The van der Waals surface area contributed by atoms with Crippen LogP contribution in [0.5, 0.6) is 0 Å². The van der Waals surface area contributed by atoms with Crippen LogP contribution in [-0.4, -0.2) is 59.5 Å². The lowest BCUT2D eigenvalue weighted by Gasteiger charge is -2.29. The number of benzene rings is 2. The molecule has 3 aromatic rings. The third kappa shape index (κ3) is 6.76. The molecule has 3 rings (SSSR count). The van der Waals surface area contributed by atoms with Gasteiger partial charge in [0.2, 0.25) is 11.8 Å². The molecule has 0 aliphatic carbocycles. The van der Waals surface area contributed by atoms with Crippen molar-refractivity contribution in [3.05, 3.63) is 83.6 Å². The minimum atomic E-state index is -0.494. The predicted molar refractivity (Wildman–Crippen MR) is 129 cm³/mol. The molecule has 0 fully saturated rings. The van der Waals surface area contributed by atoms with Crippen LogP contribution in [0.15, 0.2) is 71.3 Å². The van der Waals surface area contributed by atoms with E-state index in [0.29, 0.717) is 24.7 Å². The van der Waals surface area contributed by atoms with E-state index >= 15 is 0 Å². The van der Waals surface area contributed by atoms with Gasteiger partial charge >= 0.3 is 0 Å².